The van der Waals surface area contributed by atoms with Gasteiger partial charge in [0.05, 0.1) is 6.61 Å². The number of nitrogens with one attached hydrogen (secondary N) is 2. The SMILES string of the molecule is CCOc1ccc(Br)cc1S(=O)(=O)Nc1ncc[nH]1. The number of aromatic amines is 1. The van der Waals surface area contributed by atoms with Gasteiger partial charge in [-0.25, -0.2) is 18.1 Å². The van der Waals surface area contributed by atoms with Crippen molar-refractivity contribution in [2.75, 3.05) is 11.3 Å². The van der Waals surface area contributed by atoms with Crippen molar-refractivity contribution >= 4 is 31.9 Å². The summed E-state index contributed by atoms with van der Waals surface area (Å²) in [6.45, 7) is 2.17. The van der Waals surface area contributed by atoms with Crippen molar-refractivity contribution in [2.24, 2.45) is 0 Å². The monoisotopic (exact) mass is 345 g/mol. The van der Waals surface area contributed by atoms with E-state index in [-0.39, 0.29) is 10.8 Å². The van der Waals surface area contributed by atoms with Crippen molar-refractivity contribution < 1.29 is 13.2 Å². The zero-order valence-electron chi connectivity index (χ0n) is 10.1. The number of imidazole rings is 1. The van der Waals surface area contributed by atoms with Gasteiger partial charge in [0.15, 0.2) is 0 Å². The number of rotatable bonds is 5. The standard InChI is InChI=1S/C11H12BrN3O3S/c1-2-18-9-4-3-8(12)7-10(9)19(16,17)15-11-13-5-6-14-11/h3-7H,2H2,1H3,(H2,13,14,15). The number of H-pyrrole nitrogens is 1. The highest BCUT2D eigenvalue weighted by Gasteiger charge is 2.21. The van der Waals surface area contributed by atoms with Gasteiger partial charge < -0.3 is 9.72 Å². The number of anilines is 1. The lowest BCUT2D eigenvalue weighted by molar-refractivity contribution is 0.331. The average Bonchev–Trinajstić information content (AvgIpc) is 2.83. The highest BCUT2D eigenvalue weighted by atomic mass is 79.9. The van der Waals surface area contributed by atoms with E-state index in [2.05, 4.69) is 30.6 Å². The molecule has 0 bridgehead atoms. The number of nitrogens with zero attached hydrogens (tertiary/aromatic N) is 1. The van der Waals surface area contributed by atoms with Gasteiger partial charge in [0.25, 0.3) is 10.0 Å². The van der Waals surface area contributed by atoms with Crippen molar-refractivity contribution in [2.45, 2.75) is 11.8 Å². The molecule has 1 heterocycles. The molecule has 8 heteroatoms. The van der Waals surface area contributed by atoms with Crippen LogP contribution in [0.4, 0.5) is 5.95 Å². The summed E-state index contributed by atoms with van der Waals surface area (Å²) in [5, 5.41) is 0. The van der Waals surface area contributed by atoms with Gasteiger partial charge in [0.2, 0.25) is 5.95 Å². The fourth-order valence-corrected chi connectivity index (χ4v) is 3.13. The van der Waals surface area contributed by atoms with Crippen LogP contribution in [-0.2, 0) is 10.0 Å². The highest BCUT2D eigenvalue weighted by molar-refractivity contribution is 9.10. The van der Waals surface area contributed by atoms with Gasteiger partial charge >= 0.3 is 0 Å². The summed E-state index contributed by atoms with van der Waals surface area (Å²) >= 11 is 3.25. The van der Waals surface area contributed by atoms with Crippen LogP contribution in [0.1, 0.15) is 6.92 Å². The predicted octanol–water partition coefficient (Wildman–Crippen LogP) is 2.37. The molecule has 0 saturated carbocycles. The molecule has 0 aliphatic carbocycles. The summed E-state index contributed by atoms with van der Waals surface area (Å²) in [6.07, 6.45) is 2.99. The summed E-state index contributed by atoms with van der Waals surface area (Å²) < 4.78 is 32.9. The van der Waals surface area contributed by atoms with E-state index in [9.17, 15) is 8.42 Å². The molecule has 0 atom stereocenters. The molecule has 1 aromatic heterocycles. The van der Waals surface area contributed by atoms with Crippen LogP contribution in [0.2, 0.25) is 0 Å². The van der Waals surface area contributed by atoms with Crippen LogP contribution < -0.4 is 9.46 Å². The van der Waals surface area contributed by atoms with Crippen molar-refractivity contribution in [1.29, 1.82) is 0 Å². The van der Waals surface area contributed by atoms with Crippen molar-refractivity contribution in [3.8, 4) is 5.75 Å². The third-order valence-corrected chi connectivity index (χ3v) is 4.08. The van der Waals surface area contributed by atoms with Crippen LogP contribution in [-0.4, -0.2) is 25.0 Å². The fourth-order valence-electron chi connectivity index (χ4n) is 1.47. The molecule has 2 rings (SSSR count). The van der Waals surface area contributed by atoms with Gasteiger partial charge in [0.1, 0.15) is 10.6 Å². The van der Waals surface area contributed by atoms with Gasteiger partial charge in [-0.3, -0.25) is 0 Å². The molecule has 0 unspecified atom stereocenters. The van der Waals surface area contributed by atoms with E-state index in [4.69, 9.17) is 4.74 Å². The second-order valence-corrected chi connectivity index (χ2v) is 6.13. The Morgan fingerprint density at radius 3 is 2.89 bits per heavy atom. The minimum atomic E-state index is -3.76. The Kier molecular flexibility index (Phi) is 4.11. The molecule has 0 radical (unpaired) electrons. The van der Waals surface area contributed by atoms with E-state index in [1.165, 1.54) is 18.5 Å². The average molecular weight is 346 g/mol. The first-order valence-corrected chi connectivity index (χ1v) is 7.75. The van der Waals surface area contributed by atoms with Crippen LogP contribution >= 0.6 is 15.9 Å². The Balaban J connectivity index is 2.41. The number of aromatic nitrogens is 2. The lowest BCUT2D eigenvalue weighted by Crippen LogP contribution is -2.15. The number of benzene rings is 1. The van der Waals surface area contributed by atoms with Gasteiger partial charge in [-0.2, -0.15) is 0 Å². The van der Waals surface area contributed by atoms with Crippen LogP contribution in [0.15, 0.2) is 40.0 Å². The van der Waals surface area contributed by atoms with E-state index >= 15 is 0 Å². The highest BCUT2D eigenvalue weighted by Crippen LogP contribution is 2.28. The molecular weight excluding hydrogens is 334 g/mol. The molecule has 6 nitrogen and oxygen atoms in total. The Hall–Kier alpha value is -1.54. The minimum absolute atomic E-state index is 0.0557. The number of ether oxygens (including phenoxy) is 1. The van der Waals surface area contributed by atoms with Crippen molar-refractivity contribution in [3.63, 3.8) is 0 Å². The third-order valence-electron chi connectivity index (χ3n) is 2.22. The van der Waals surface area contributed by atoms with E-state index in [0.717, 1.165) is 0 Å². The second-order valence-electron chi connectivity index (χ2n) is 3.57. The Labute approximate surface area is 119 Å². The van der Waals surface area contributed by atoms with Gasteiger partial charge in [-0.05, 0) is 25.1 Å². The van der Waals surface area contributed by atoms with E-state index in [0.29, 0.717) is 16.8 Å². The van der Waals surface area contributed by atoms with Crippen LogP contribution in [0.3, 0.4) is 0 Å². The maximum absolute atomic E-state index is 12.3. The molecule has 19 heavy (non-hydrogen) atoms. The maximum Gasteiger partial charge on any atom is 0.267 e. The quantitative estimate of drug-likeness (QED) is 0.871. The molecule has 102 valence electrons. The molecule has 0 aliphatic heterocycles. The van der Waals surface area contributed by atoms with Crippen molar-refractivity contribution in [1.82, 2.24) is 9.97 Å². The van der Waals surface area contributed by atoms with E-state index < -0.39 is 10.0 Å². The summed E-state index contributed by atoms with van der Waals surface area (Å²) in [6, 6.07) is 4.80. The first-order chi connectivity index (χ1) is 9.03. The zero-order chi connectivity index (χ0) is 13.9. The molecule has 0 saturated heterocycles. The van der Waals surface area contributed by atoms with E-state index in [1.807, 2.05) is 0 Å². The number of halogens is 1. The number of hydrogen-bond acceptors (Lipinski definition) is 4. The smallest absolute Gasteiger partial charge is 0.267 e. The Bertz CT molecular complexity index is 656. The Morgan fingerprint density at radius 1 is 1.47 bits per heavy atom. The maximum atomic E-state index is 12.3. The normalized spacial score (nSPS) is 11.3. The molecule has 0 amide bonds. The largest absolute Gasteiger partial charge is 0.492 e. The van der Waals surface area contributed by atoms with Gasteiger partial charge in [-0.1, -0.05) is 15.9 Å². The fraction of sp³-hybridized carbons (Fsp3) is 0.182. The lowest BCUT2D eigenvalue weighted by Gasteiger charge is -2.11. The summed E-state index contributed by atoms with van der Waals surface area (Å²) in [4.78, 5) is 6.56. The summed E-state index contributed by atoms with van der Waals surface area (Å²) in [7, 11) is -3.76. The van der Waals surface area contributed by atoms with Crippen molar-refractivity contribution in [3.05, 3.63) is 35.1 Å². The first-order valence-electron chi connectivity index (χ1n) is 5.47. The molecular formula is C11H12BrN3O3S. The second kappa shape index (κ2) is 5.62. The Morgan fingerprint density at radius 2 is 2.26 bits per heavy atom. The third kappa shape index (κ3) is 3.27. The molecule has 0 aliphatic rings. The molecule has 1 aromatic carbocycles. The van der Waals surface area contributed by atoms with Crippen LogP contribution in [0.25, 0.3) is 0 Å². The predicted molar refractivity (Wildman–Crippen MR) is 74.7 cm³/mol. The number of hydrogen-bond donors (Lipinski definition) is 2. The molecule has 0 spiro atoms. The van der Waals surface area contributed by atoms with Crippen LogP contribution in [0.5, 0.6) is 5.75 Å². The molecule has 2 N–H and O–H groups in total. The number of sulfonamides is 1. The lowest BCUT2D eigenvalue weighted by atomic mass is 10.3. The van der Waals surface area contributed by atoms with Gasteiger partial charge in [0, 0.05) is 16.9 Å². The zero-order valence-corrected chi connectivity index (χ0v) is 12.5. The van der Waals surface area contributed by atoms with Gasteiger partial charge in [-0.15, -0.1) is 0 Å². The first kappa shape index (κ1) is 13.9. The topological polar surface area (TPSA) is 84.1 Å². The molecule has 2 aromatic rings. The molecule has 0 fully saturated rings. The minimum Gasteiger partial charge on any atom is -0.492 e. The summed E-state index contributed by atoms with van der Waals surface area (Å²) in [5.74, 6) is 0.451. The summed E-state index contributed by atoms with van der Waals surface area (Å²) in [5.41, 5.74) is 0. The van der Waals surface area contributed by atoms with E-state index in [1.54, 1.807) is 19.1 Å². The van der Waals surface area contributed by atoms with Crippen LogP contribution in [0, 0.1) is 0 Å².